The highest BCUT2D eigenvalue weighted by atomic mass is 32.2. The van der Waals surface area contributed by atoms with Crippen molar-refractivity contribution in [2.75, 3.05) is 32.8 Å². The number of ether oxygens (including phenoxy) is 1. The van der Waals surface area contributed by atoms with Crippen molar-refractivity contribution in [3.63, 3.8) is 0 Å². The molecule has 4 heterocycles. The van der Waals surface area contributed by atoms with Crippen LogP contribution in [-0.4, -0.2) is 81.6 Å². The van der Waals surface area contributed by atoms with Gasteiger partial charge in [0.2, 0.25) is 11.8 Å². The van der Waals surface area contributed by atoms with Crippen molar-refractivity contribution < 1.29 is 24.2 Å². The SMILES string of the molecule is CCCCCN1CC=C[C@]23S[C@@H]4C=CCCOC(=O)[C@@H]4[C@H]2C(=O)N(CCCCCO)C3C1=O. The third-order valence-electron chi connectivity index (χ3n) is 7.29. The molecule has 0 saturated carbocycles. The van der Waals surface area contributed by atoms with Crippen molar-refractivity contribution in [3.8, 4) is 0 Å². The van der Waals surface area contributed by atoms with Crippen LogP contribution in [0.3, 0.4) is 0 Å². The van der Waals surface area contributed by atoms with Gasteiger partial charge in [0, 0.05) is 31.5 Å². The molecule has 182 valence electrons. The Bertz CT molecular complexity index is 815. The summed E-state index contributed by atoms with van der Waals surface area (Å²) in [7, 11) is 0. The number of rotatable bonds is 9. The van der Waals surface area contributed by atoms with E-state index >= 15 is 0 Å². The Balaban J connectivity index is 1.69. The Labute approximate surface area is 200 Å². The highest BCUT2D eigenvalue weighted by molar-refractivity contribution is 8.02. The zero-order valence-electron chi connectivity index (χ0n) is 19.5. The van der Waals surface area contributed by atoms with Gasteiger partial charge in [-0.25, -0.2) is 0 Å². The number of carbonyl (C=O) groups is 3. The molecule has 2 fully saturated rings. The van der Waals surface area contributed by atoms with E-state index in [0.29, 0.717) is 39.1 Å². The first-order chi connectivity index (χ1) is 16.0. The number of fused-ring (bicyclic) bond motifs is 2. The molecule has 4 aliphatic rings. The minimum absolute atomic E-state index is 0.00627. The molecule has 0 bridgehead atoms. The molecule has 8 heteroatoms. The first-order valence-electron chi connectivity index (χ1n) is 12.4. The third kappa shape index (κ3) is 4.48. The monoisotopic (exact) mass is 476 g/mol. The summed E-state index contributed by atoms with van der Waals surface area (Å²) in [5, 5.41) is 8.97. The Morgan fingerprint density at radius 2 is 1.91 bits per heavy atom. The molecular formula is C25H36N2O5S. The van der Waals surface area contributed by atoms with E-state index in [1.54, 1.807) is 16.7 Å². The Morgan fingerprint density at radius 3 is 2.70 bits per heavy atom. The number of aliphatic hydroxyl groups excluding tert-OH is 1. The van der Waals surface area contributed by atoms with Crippen LogP contribution in [0.5, 0.6) is 0 Å². The molecule has 0 aromatic heterocycles. The van der Waals surface area contributed by atoms with Gasteiger partial charge in [0.1, 0.15) is 6.04 Å². The fraction of sp³-hybridized carbons (Fsp3) is 0.720. The lowest BCUT2D eigenvalue weighted by Crippen LogP contribution is -2.53. The third-order valence-corrected chi connectivity index (χ3v) is 9.04. The maximum Gasteiger partial charge on any atom is 0.311 e. The highest BCUT2D eigenvalue weighted by Gasteiger charge is 2.70. The topological polar surface area (TPSA) is 87.2 Å². The number of cyclic esters (lactones) is 1. The van der Waals surface area contributed by atoms with Crippen molar-refractivity contribution >= 4 is 29.5 Å². The van der Waals surface area contributed by atoms with Crippen LogP contribution in [0, 0.1) is 11.8 Å². The number of thioether (sulfide) groups is 1. The largest absolute Gasteiger partial charge is 0.465 e. The van der Waals surface area contributed by atoms with E-state index in [-0.39, 0.29) is 29.6 Å². The molecule has 7 nitrogen and oxygen atoms in total. The van der Waals surface area contributed by atoms with Crippen LogP contribution in [0.15, 0.2) is 24.3 Å². The van der Waals surface area contributed by atoms with E-state index in [0.717, 1.165) is 32.1 Å². The number of carbonyl (C=O) groups excluding carboxylic acids is 3. The van der Waals surface area contributed by atoms with Gasteiger partial charge in [-0.15, -0.1) is 11.8 Å². The predicted molar refractivity (Wildman–Crippen MR) is 127 cm³/mol. The van der Waals surface area contributed by atoms with E-state index in [1.807, 2.05) is 23.1 Å². The quantitative estimate of drug-likeness (QED) is 0.313. The van der Waals surface area contributed by atoms with Gasteiger partial charge in [0.15, 0.2) is 0 Å². The fourth-order valence-electron chi connectivity index (χ4n) is 5.72. The van der Waals surface area contributed by atoms with Crippen LogP contribution < -0.4 is 0 Å². The second-order valence-electron chi connectivity index (χ2n) is 9.44. The standard InChI is InChI=1S/C25H36N2O5S/c1-2-3-6-13-26-14-10-12-25-20(19-18(33-25)11-5-9-17-32-24(19)31)22(29)27(21(25)23(26)30)15-7-4-8-16-28/h5,10-12,18-21,28H,2-4,6-9,13-17H2,1H3/t18-,19+,20+,21?,25+/m1/s1. The van der Waals surface area contributed by atoms with Gasteiger partial charge in [0.05, 0.1) is 23.2 Å². The highest BCUT2D eigenvalue weighted by Crippen LogP contribution is 2.60. The molecule has 4 rings (SSSR count). The van der Waals surface area contributed by atoms with Crippen LogP contribution in [0.4, 0.5) is 0 Å². The van der Waals surface area contributed by atoms with E-state index in [9.17, 15) is 14.4 Å². The van der Waals surface area contributed by atoms with Crippen molar-refractivity contribution in [1.29, 1.82) is 0 Å². The van der Waals surface area contributed by atoms with Gasteiger partial charge in [-0.3, -0.25) is 14.4 Å². The summed E-state index contributed by atoms with van der Waals surface area (Å²) in [6.07, 6.45) is 14.1. The van der Waals surface area contributed by atoms with E-state index in [4.69, 9.17) is 9.84 Å². The van der Waals surface area contributed by atoms with E-state index in [1.165, 1.54) is 0 Å². The summed E-state index contributed by atoms with van der Waals surface area (Å²) in [4.78, 5) is 44.5. The van der Waals surface area contributed by atoms with Gasteiger partial charge >= 0.3 is 5.97 Å². The number of hydrogen-bond acceptors (Lipinski definition) is 6. The summed E-state index contributed by atoms with van der Waals surface area (Å²) in [5.41, 5.74) is 0. The summed E-state index contributed by atoms with van der Waals surface area (Å²) in [6.45, 7) is 4.27. The molecule has 2 saturated heterocycles. The molecule has 0 aliphatic carbocycles. The van der Waals surface area contributed by atoms with Crippen LogP contribution in [-0.2, 0) is 19.1 Å². The zero-order valence-corrected chi connectivity index (χ0v) is 20.3. The number of amides is 2. The number of aliphatic hydroxyl groups is 1. The van der Waals surface area contributed by atoms with Crippen molar-refractivity contribution in [3.05, 3.63) is 24.3 Å². The van der Waals surface area contributed by atoms with Gasteiger partial charge < -0.3 is 19.6 Å². The molecule has 0 radical (unpaired) electrons. The molecule has 2 amide bonds. The Kier molecular flexibility index (Phi) is 7.84. The molecule has 1 unspecified atom stereocenters. The molecule has 1 spiro atoms. The molecule has 4 aliphatic heterocycles. The minimum atomic E-state index is -0.756. The van der Waals surface area contributed by atoms with Gasteiger partial charge in [-0.2, -0.15) is 0 Å². The van der Waals surface area contributed by atoms with Crippen LogP contribution >= 0.6 is 11.8 Å². The first-order valence-corrected chi connectivity index (χ1v) is 13.3. The van der Waals surface area contributed by atoms with Gasteiger partial charge in [0.25, 0.3) is 0 Å². The Morgan fingerprint density at radius 1 is 1.09 bits per heavy atom. The lowest BCUT2D eigenvalue weighted by molar-refractivity contribution is -0.153. The van der Waals surface area contributed by atoms with Gasteiger partial charge in [-0.1, -0.05) is 44.1 Å². The van der Waals surface area contributed by atoms with Crippen LogP contribution in [0.2, 0.25) is 0 Å². The molecule has 0 aromatic carbocycles. The number of nitrogens with zero attached hydrogens (tertiary/aromatic N) is 2. The van der Waals surface area contributed by atoms with Crippen LogP contribution in [0.25, 0.3) is 0 Å². The summed E-state index contributed by atoms with van der Waals surface area (Å²) >= 11 is 1.60. The van der Waals surface area contributed by atoms with Crippen molar-refractivity contribution in [2.45, 2.75) is 67.9 Å². The normalized spacial score (nSPS) is 33.3. The van der Waals surface area contributed by atoms with E-state index < -0.39 is 22.6 Å². The van der Waals surface area contributed by atoms with Crippen LogP contribution in [0.1, 0.15) is 51.9 Å². The summed E-state index contributed by atoms with van der Waals surface area (Å²) < 4.78 is 4.74. The lowest BCUT2D eigenvalue weighted by Gasteiger charge is -2.35. The lowest BCUT2D eigenvalue weighted by atomic mass is 9.78. The average molecular weight is 477 g/mol. The molecule has 5 atom stereocenters. The average Bonchev–Trinajstić information content (AvgIpc) is 3.17. The maximum absolute atomic E-state index is 13.9. The first kappa shape index (κ1) is 24.3. The molecule has 0 aromatic rings. The second kappa shape index (κ2) is 10.6. The number of likely N-dealkylation sites (tertiary alicyclic amines) is 1. The van der Waals surface area contributed by atoms with E-state index in [2.05, 4.69) is 13.0 Å². The smallest absolute Gasteiger partial charge is 0.311 e. The Hall–Kier alpha value is -1.80. The van der Waals surface area contributed by atoms with Crippen molar-refractivity contribution in [1.82, 2.24) is 9.80 Å². The van der Waals surface area contributed by atoms with Gasteiger partial charge in [-0.05, 0) is 32.1 Å². The molecular weight excluding hydrogens is 440 g/mol. The summed E-state index contributed by atoms with van der Waals surface area (Å²) in [6, 6.07) is -0.607. The molecule has 33 heavy (non-hydrogen) atoms. The minimum Gasteiger partial charge on any atom is -0.465 e. The fourth-order valence-corrected chi connectivity index (χ4v) is 7.72. The number of esters is 1. The second-order valence-corrected chi connectivity index (χ2v) is 10.9. The number of unbranched alkanes of at least 4 members (excludes halogenated alkanes) is 4. The van der Waals surface area contributed by atoms with Crippen molar-refractivity contribution in [2.24, 2.45) is 11.8 Å². The number of hydrogen-bond donors (Lipinski definition) is 1. The predicted octanol–water partition coefficient (Wildman–Crippen LogP) is 2.54. The zero-order chi connectivity index (χ0) is 23.4. The maximum atomic E-state index is 13.9. The molecule has 1 N–H and O–H groups in total. The summed E-state index contributed by atoms with van der Waals surface area (Å²) in [5.74, 6) is -1.61.